The molecular formula is C13H22N2. The fourth-order valence-corrected chi connectivity index (χ4v) is 0.951. The predicted octanol–water partition coefficient (Wildman–Crippen LogP) is 4.04. The molecule has 2 heteroatoms. The molecular weight excluding hydrogens is 184 g/mol. The quantitative estimate of drug-likeness (QED) is 0.686. The van der Waals surface area contributed by atoms with Crippen molar-refractivity contribution in [1.82, 2.24) is 0 Å². The molecule has 15 heavy (non-hydrogen) atoms. The van der Waals surface area contributed by atoms with Crippen LogP contribution in [-0.2, 0) is 0 Å². The monoisotopic (exact) mass is 206 g/mol. The Morgan fingerprint density at radius 3 is 1.73 bits per heavy atom. The average Bonchev–Trinajstić information content (AvgIpc) is 2.34. The minimum Gasteiger partial charge on any atom is -0.308 e. The fourth-order valence-electron chi connectivity index (χ4n) is 0.951. The zero-order valence-corrected chi connectivity index (χ0v) is 10.4. The van der Waals surface area contributed by atoms with Crippen molar-refractivity contribution in [2.75, 3.05) is 0 Å². The van der Waals surface area contributed by atoms with E-state index in [0.717, 1.165) is 16.7 Å². The van der Waals surface area contributed by atoms with Crippen molar-refractivity contribution >= 4 is 12.4 Å². The van der Waals surface area contributed by atoms with Gasteiger partial charge in [-0.05, 0) is 13.0 Å². The third-order valence-corrected chi connectivity index (χ3v) is 1.55. The van der Waals surface area contributed by atoms with Gasteiger partial charge in [-0.1, -0.05) is 45.4 Å². The van der Waals surface area contributed by atoms with Crippen molar-refractivity contribution in [3.63, 3.8) is 0 Å². The van der Waals surface area contributed by atoms with Crippen LogP contribution in [-0.4, -0.2) is 12.4 Å². The van der Waals surface area contributed by atoms with Crippen molar-refractivity contribution < 1.29 is 0 Å². The highest BCUT2D eigenvalue weighted by Gasteiger charge is 1.95. The first kappa shape index (κ1) is 16.0. The first-order valence-corrected chi connectivity index (χ1v) is 5.39. The summed E-state index contributed by atoms with van der Waals surface area (Å²) < 4.78 is 0. The standard InChI is InChI=1S/C9H10N2.2C2H6/c1-7-2-3-8(5-10)9(4-7)6-11;2*1-2/h2-6,10-11H,1H3;2*1-2H3. The zero-order chi connectivity index (χ0) is 12.3. The second kappa shape index (κ2) is 10.6. The number of rotatable bonds is 2. The van der Waals surface area contributed by atoms with Crippen LogP contribution in [0.4, 0.5) is 0 Å². The van der Waals surface area contributed by atoms with Crippen molar-refractivity contribution in [2.24, 2.45) is 0 Å². The summed E-state index contributed by atoms with van der Waals surface area (Å²) in [6.07, 6.45) is 2.53. The summed E-state index contributed by atoms with van der Waals surface area (Å²) in [7, 11) is 0. The van der Waals surface area contributed by atoms with Crippen LogP contribution in [0.25, 0.3) is 0 Å². The van der Waals surface area contributed by atoms with E-state index in [2.05, 4.69) is 0 Å². The minimum absolute atomic E-state index is 0.797. The first-order valence-electron chi connectivity index (χ1n) is 5.39. The van der Waals surface area contributed by atoms with Crippen LogP contribution in [0.3, 0.4) is 0 Å². The first-order chi connectivity index (χ1) is 7.27. The van der Waals surface area contributed by atoms with Gasteiger partial charge in [0.1, 0.15) is 0 Å². The van der Waals surface area contributed by atoms with Gasteiger partial charge in [-0.25, -0.2) is 0 Å². The Labute approximate surface area is 93.4 Å². The number of aryl methyl sites for hydroxylation is 1. The molecule has 0 aliphatic heterocycles. The molecule has 0 radical (unpaired) electrons. The molecule has 0 bridgehead atoms. The van der Waals surface area contributed by atoms with E-state index < -0.39 is 0 Å². The summed E-state index contributed by atoms with van der Waals surface area (Å²) in [5.41, 5.74) is 2.72. The largest absolute Gasteiger partial charge is 0.308 e. The number of hydrogen-bond acceptors (Lipinski definition) is 2. The smallest absolute Gasteiger partial charge is 0.0256 e. The SMILES string of the molecule is CC.CC.Cc1ccc(C=N)c(C=N)c1. The van der Waals surface area contributed by atoms with Crippen LogP contribution in [0.2, 0.25) is 0 Å². The van der Waals surface area contributed by atoms with E-state index in [1.54, 1.807) is 0 Å². The van der Waals surface area contributed by atoms with Gasteiger partial charge in [0.25, 0.3) is 0 Å². The van der Waals surface area contributed by atoms with Crippen LogP contribution >= 0.6 is 0 Å². The van der Waals surface area contributed by atoms with Crippen LogP contribution < -0.4 is 0 Å². The number of benzene rings is 1. The fraction of sp³-hybridized carbons (Fsp3) is 0.385. The molecule has 2 nitrogen and oxygen atoms in total. The molecule has 0 aliphatic rings. The molecule has 1 rings (SSSR count). The molecule has 0 aliphatic carbocycles. The molecule has 0 saturated heterocycles. The van der Waals surface area contributed by atoms with Crippen molar-refractivity contribution in [1.29, 1.82) is 10.8 Å². The molecule has 0 heterocycles. The Morgan fingerprint density at radius 2 is 1.33 bits per heavy atom. The lowest BCUT2D eigenvalue weighted by molar-refractivity contribution is 1.43. The third kappa shape index (κ3) is 5.78. The van der Waals surface area contributed by atoms with Gasteiger partial charge in [0.2, 0.25) is 0 Å². The maximum absolute atomic E-state index is 7.06. The Morgan fingerprint density at radius 1 is 0.867 bits per heavy atom. The lowest BCUT2D eigenvalue weighted by Crippen LogP contribution is -1.90. The number of nitrogens with one attached hydrogen (secondary N) is 2. The lowest BCUT2D eigenvalue weighted by Gasteiger charge is -1.99. The predicted molar refractivity (Wildman–Crippen MR) is 69.6 cm³/mol. The Kier molecular flexibility index (Phi) is 11.4. The van der Waals surface area contributed by atoms with Gasteiger partial charge in [-0.2, -0.15) is 0 Å². The summed E-state index contributed by atoms with van der Waals surface area (Å²) >= 11 is 0. The average molecular weight is 206 g/mol. The Bertz CT molecular complexity index is 291. The molecule has 1 aromatic rings. The second-order valence-corrected chi connectivity index (χ2v) is 2.42. The summed E-state index contributed by atoms with van der Waals surface area (Å²) in [6, 6.07) is 5.68. The van der Waals surface area contributed by atoms with Gasteiger partial charge in [0.05, 0.1) is 0 Å². The Balaban J connectivity index is 0. The van der Waals surface area contributed by atoms with Crippen LogP contribution in [0.15, 0.2) is 18.2 Å². The normalized spacial score (nSPS) is 7.53. The molecule has 84 valence electrons. The molecule has 0 unspecified atom stereocenters. The maximum Gasteiger partial charge on any atom is 0.0256 e. The highest BCUT2D eigenvalue weighted by atomic mass is 14.4. The van der Waals surface area contributed by atoms with E-state index in [9.17, 15) is 0 Å². The van der Waals surface area contributed by atoms with E-state index in [1.807, 2.05) is 52.8 Å². The highest BCUT2D eigenvalue weighted by molar-refractivity contribution is 5.92. The Hall–Kier alpha value is -1.44. The summed E-state index contributed by atoms with van der Waals surface area (Å²) in [5, 5.41) is 14.1. The molecule has 0 aromatic heterocycles. The van der Waals surface area contributed by atoms with Gasteiger partial charge >= 0.3 is 0 Å². The highest BCUT2D eigenvalue weighted by Crippen LogP contribution is 2.06. The topological polar surface area (TPSA) is 47.7 Å². The van der Waals surface area contributed by atoms with E-state index in [-0.39, 0.29) is 0 Å². The van der Waals surface area contributed by atoms with Gasteiger partial charge in [-0.15, -0.1) is 0 Å². The van der Waals surface area contributed by atoms with Crippen LogP contribution in [0.5, 0.6) is 0 Å². The molecule has 0 fully saturated rings. The molecule has 0 spiro atoms. The van der Waals surface area contributed by atoms with Crippen molar-refractivity contribution in [3.8, 4) is 0 Å². The maximum atomic E-state index is 7.06. The van der Waals surface area contributed by atoms with Gasteiger partial charge in [0, 0.05) is 23.6 Å². The van der Waals surface area contributed by atoms with Gasteiger partial charge in [0.15, 0.2) is 0 Å². The summed E-state index contributed by atoms with van der Waals surface area (Å²) in [4.78, 5) is 0. The molecule has 2 N–H and O–H groups in total. The minimum atomic E-state index is 0.797. The summed E-state index contributed by atoms with van der Waals surface area (Å²) in [5.74, 6) is 0. The third-order valence-electron chi connectivity index (χ3n) is 1.55. The zero-order valence-electron chi connectivity index (χ0n) is 10.4. The van der Waals surface area contributed by atoms with E-state index >= 15 is 0 Å². The summed E-state index contributed by atoms with van der Waals surface area (Å²) in [6.45, 7) is 9.97. The van der Waals surface area contributed by atoms with Crippen LogP contribution in [0.1, 0.15) is 44.4 Å². The van der Waals surface area contributed by atoms with Gasteiger partial charge < -0.3 is 10.8 Å². The molecule has 0 amide bonds. The van der Waals surface area contributed by atoms with E-state index in [4.69, 9.17) is 10.8 Å². The van der Waals surface area contributed by atoms with Gasteiger partial charge in [-0.3, -0.25) is 0 Å². The van der Waals surface area contributed by atoms with E-state index in [1.165, 1.54) is 12.4 Å². The van der Waals surface area contributed by atoms with E-state index in [0.29, 0.717) is 0 Å². The second-order valence-electron chi connectivity index (χ2n) is 2.42. The molecule has 1 aromatic carbocycles. The molecule has 0 atom stereocenters. The molecule has 0 saturated carbocycles. The van der Waals surface area contributed by atoms with Crippen molar-refractivity contribution in [2.45, 2.75) is 34.6 Å². The van der Waals surface area contributed by atoms with Crippen LogP contribution in [0, 0.1) is 17.7 Å². The lowest BCUT2D eigenvalue weighted by atomic mass is 10.1. The van der Waals surface area contributed by atoms with Crippen molar-refractivity contribution in [3.05, 3.63) is 34.9 Å². The number of hydrogen-bond donors (Lipinski definition) is 2.